The van der Waals surface area contributed by atoms with E-state index in [4.69, 9.17) is 17.2 Å². The maximum absolute atomic E-state index is 13.0. The van der Waals surface area contributed by atoms with Crippen molar-refractivity contribution in [2.75, 3.05) is 5.73 Å². The van der Waals surface area contributed by atoms with Crippen LogP contribution in [0.2, 0.25) is 0 Å². The molecule has 0 bridgehead atoms. The molecular weight excluding hydrogens is 214 g/mol. The Morgan fingerprint density at radius 2 is 1.67 bits per heavy atom. The quantitative estimate of drug-likeness (QED) is 0.382. The van der Waals surface area contributed by atoms with Crippen molar-refractivity contribution in [2.24, 2.45) is 11.5 Å². The first-order valence-electron chi connectivity index (χ1n) is 3.90. The van der Waals surface area contributed by atoms with Crippen LogP contribution in [-0.2, 0) is 6.18 Å². The van der Waals surface area contributed by atoms with Gasteiger partial charge in [0.25, 0.3) is 0 Å². The fourth-order valence-corrected chi connectivity index (χ4v) is 1.07. The smallest absolute Gasteiger partial charge is 0.396 e. The summed E-state index contributed by atoms with van der Waals surface area (Å²) in [6, 6.07) is 1.53. The molecule has 0 heterocycles. The molecule has 3 nitrogen and oxygen atoms in total. The van der Waals surface area contributed by atoms with Gasteiger partial charge in [-0.1, -0.05) is 0 Å². The van der Waals surface area contributed by atoms with Crippen LogP contribution in [0.4, 0.5) is 23.2 Å². The lowest BCUT2D eigenvalue weighted by Gasteiger charge is -2.13. The third kappa shape index (κ3) is 2.37. The van der Waals surface area contributed by atoms with E-state index in [1.165, 1.54) is 0 Å². The fraction of sp³-hybridized carbons (Fsp3) is 0.250. The van der Waals surface area contributed by atoms with Gasteiger partial charge >= 0.3 is 6.18 Å². The van der Waals surface area contributed by atoms with E-state index in [0.29, 0.717) is 6.07 Å². The molecule has 6 N–H and O–H groups in total. The molecule has 0 aliphatic heterocycles. The molecule has 0 unspecified atom stereocenters. The van der Waals surface area contributed by atoms with Crippen molar-refractivity contribution in [3.63, 3.8) is 0 Å². The molecule has 0 fully saturated rings. The van der Waals surface area contributed by atoms with Gasteiger partial charge in [-0.05, 0) is 17.7 Å². The maximum Gasteiger partial charge on any atom is 0.419 e. The van der Waals surface area contributed by atoms with Crippen molar-refractivity contribution in [1.29, 1.82) is 0 Å². The van der Waals surface area contributed by atoms with Crippen LogP contribution in [0.5, 0.6) is 0 Å². The zero-order chi connectivity index (χ0) is 11.8. The largest absolute Gasteiger partial charge is 0.419 e. The number of hydrogen-bond acceptors (Lipinski definition) is 3. The number of hydrogen-bond donors (Lipinski definition) is 3. The predicted molar refractivity (Wildman–Crippen MR) is 46.9 cm³/mol. The highest BCUT2D eigenvalue weighted by molar-refractivity contribution is 5.48. The monoisotopic (exact) mass is 223 g/mol. The normalized spacial score (nSPS) is 12.2. The first kappa shape index (κ1) is 11.7. The van der Waals surface area contributed by atoms with Gasteiger partial charge < -0.3 is 17.2 Å². The van der Waals surface area contributed by atoms with E-state index in [1.807, 2.05) is 0 Å². The zero-order valence-electron chi connectivity index (χ0n) is 7.48. The summed E-state index contributed by atoms with van der Waals surface area (Å²) < 4.78 is 49.9. The minimum atomic E-state index is -4.82. The maximum atomic E-state index is 13.0. The van der Waals surface area contributed by atoms with Crippen LogP contribution in [0.1, 0.15) is 17.3 Å². The van der Waals surface area contributed by atoms with Gasteiger partial charge in [-0.2, -0.15) is 13.2 Å². The molecular formula is C8H9F4N3. The first-order valence-corrected chi connectivity index (χ1v) is 3.90. The van der Waals surface area contributed by atoms with Gasteiger partial charge in [-0.25, -0.2) is 4.39 Å². The van der Waals surface area contributed by atoms with Gasteiger partial charge in [-0.3, -0.25) is 0 Å². The Morgan fingerprint density at radius 3 is 2.07 bits per heavy atom. The summed E-state index contributed by atoms with van der Waals surface area (Å²) in [7, 11) is 0. The number of nitrogens with two attached hydrogens (primary N) is 3. The van der Waals surface area contributed by atoms with Crippen molar-refractivity contribution < 1.29 is 17.6 Å². The minimum Gasteiger partial charge on any atom is -0.396 e. The van der Waals surface area contributed by atoms with Gasteiger partial charge in [0.2, 0.25) is 0 Å². The average molecular weight is 223 g/mol. The van der Waals surface area contributed by atoms with Crippen LogP contribution in [0.25, 0.3) is 0 Å². The molecule has 1 aromatic rings. The number of anilines is 1. The number of halogens is 4. The van der Waals surface area contributed by atoms with E-state index in [0.717, 1.165) is 6.07 Å². The third-order valence-corrected chi connectivity index (χ3v) is 1.81. The molecule has 0 atom stereocenters. The number of nitrogen functional groups attached to an aromatic ring is 1. The van der Waals surface area contributed by atoms with Crippen LogP contribution in [-0.4, -0.2) is 0 Å². The van der Waals surface area contributed by atoms with Gasteiger partial charge in [0.15, 0.2) is 5.82 Å². The Hall–Kier alpha value is -1.34. The average Bonchev–Trinajstić information content (AvgIpc) is 2.06. The topological polar surface area (TPSA) is 78.1 Å². The molecule has 0 aromatic heterocycles. The van der Waals surface area contributed by atoms with Crippen LogP contribution < -0.4 is 17.2 Å². The minimum absolute atomic E-state index is 0.0683. The van der Waals surface area contributed by atoms with Crippen molar-refractivity contribution in [1.82, 2.24) is 0 Å². The van der Waals surface area contributed by atoms with Crippen molar-refractivity contribution >= 4 is 5.69 Å². The Balaban J connectivity index is 3.38. The Labute approximate surface area is 82.8 Å². The lowest BCUT2D eigenvalue weighted by molar-refractivity contribution is -0.139. The molecule has 0 amide bonds. The second kappa shape index (κ2) is 3.67. The van der Waals surface area contributed by atoms with E-state index in [2.05, 4.69) is 0 Å². The lowest BCUT2D eigenvalue weighted by atomic mass is 10.1. The molecule has 0 aliphatic carbocycles. The summed E-state index contributed by atoms with van der Waals surface area (Å²) in [6.45, 7) is 0. The highest BCUT2D eigenvalue weighted by atomic mass is 19.4. The van der Waals surface area contributed by atoms with E-state index in [1.54, 1.807) is 0 Å². The summed E-state index contributed by atoms with van der Waals surface area (Å²) in [5.41, 5.74) is 13.3. The number of alkyl halides is 3. The lowest BCUT2D eigenvalue weighted by Crippen LogP contribution is -2.22. The molecule has 0 saturated heterocycles. The molecule has 7 heteroatoms. The SMILES string of the molecule is Nc1cc(C(N)N)cc(C(F)(F)F)c1F. The molecule has 1 aromatic carbocycles. The van der Waals surface area contributed by atoms with Crippen molar-refractivity contribution in [3.8, 4) is 0 Å². The summed E-state index contributed by atoms with van der Waals surface area (Å²) >= 11 is 0. The van der Waals surface area contributed by atoms with Gasteiger partial charge in [0.05, 0.1) is 17.4 Å². The third-order valence-electron chi connectivity index (χ3n) is 1.81. The second-order valence-corrected chi connectivity index (χ2v) is 3.00. The standard InChI is InChI=1S/C8H9F4N3/c9-6-4(8(10,11)12)1-3(7(14)15)2-5(6)13/h1-2,7H,13-15H2. The highest BCUT2D eigenvalue weighted by Gasteiger charge is 2.35. The second-order valence-electron chi connectivity index (χ2n) is 3.00. The van der Waals surface area contributed by atoms with Crippen molar-refractivity contribution in [3.05, 3.63) is 29.1 Å². The Morgan fingerprint density at radius 1 is 1.13 bits per heavy atom. The molecule has 0 aliphatic rings. The van der Waals surface area contributed by atoms with Crippen LogP contribution in [0, 0.1) is 5.82 Å². The molecule has 1 rings (SSSR count). The summed E-state index contributed by atoms with van der Waals surface area (Å²) in [4.78, 5) is 0. The zero-order valence-corrected chi connectivity index (χ0v) is 7.48. The summed E-state index contributed by atoms with van der Waals surface area (Å²) in [5.74, 6) is -1.51. The van der Waals surface area contributed by atoms with Crippen molar-refractivity contribution in [2.45, 2.75) is 12.3 Å². The molecule has 0 spiro atoms. The fourth-order valence-electron chi connectivity index (χ4n) is 1.07. The highest BCUT2D eigenvalue weighted by Crippen LogP contribution is 2.34. The van der Waals surface area contributed by atoms with E-state index in [9.17, 15) is 17.6 Å². The molecule has 0 saturated carbocycles. The Bertz CT molecular complexity index is 373. The summed E-state index contributed by atoms with van der Waals surface area (Å²) in [5, 5.41) is 0. The van der Waals surface area contributed by atoms with Gasteiger partial charge in [-0.15, -0.1) is 0 Å². The van der Waals surface area contributed by atoms with Gasteiger partial charge in [0.1, 0.15) is 0 Å². The Kier molecular flexibility index (Phi) is 2.87. The van der Waals surface area contributed by atoms with Crippen LogP contribution in [0.3, 0.4) is 0 Å². The van der Waals surface area contributed by atoms with Gasteiger partial charge in [0, 0.05) is 0 Å². The first-order chi connectivity index (χ1) is 6.73. The van der Waals surface area contributed by atoms with E-state index < -0.39 is 29.4 Å². The predicted octanol–water partition coefficient (Wildman–Crippen LogP) is 1.34. The van der Waals surface area contributed by atoms with Crippen LogP contribution >= 0.6 is 0 Å². The van der Waals surface area contributed by atoms with E-state index >= 15 is 0 Å². The number of rotatable bonds is 1. The molecule has 84 valence electrons. The molecule has 0 radical (unpaired) electrons. The summed E-state index contributed by atoms with van der Waals surface area (Å²) in [6.07, 6.45) is -5.95. The molecule has 15 heavy (non-hydrogen) atoms. The van der Waals surface area contributed by atoms with Crippen LogP contribution in [0.15, 0.2) is 12.1 Å². The van der Waals surface area contributed by atoms with E-state index in [-0.39, 0.29) is 5.56 Å². The number of benzene rings is 1.